The lowest BCUT2D eigenvalue weighted by Crippen LogP contribution is -2.04. The summed E-state index contributed by atoms with van der Waals surface area (Å²) in [7, 11) is 0. The molecule has 0 bridgehead atoms. The molecule has 0 atom stereocenters. The third kappa shape index (κ3) is 2.40. The second-order valence-corrected chi connectivity index (χ2v) is 5.88. The molecule has 5 heteroatoms. The number of carbonyl (C=O) groups is 1. The zero-order chi connectivity index (χ0) is 15.0. The topological polar surface area (TPSA) is 67.5 Å². The summed E-state index contributed by atoms with van der Waals surface area (Å²) in [6, 6.07) is 9.77. The van der Waals surface area contributed by atoms with Crippen LogP contribution in [0.15, 0.2) is 50.5 Å². The van der Waals surface area contributed by atoms with Crippen molar-refractivity contribution in [1.82, 2.24) is 0 Å². The number of hydrogen-bond donors (Lipinski definition) is 1. The zero-order valence-electron chi connectivity index (χ0n) is 11.3. The molecule has 4 nitrogen and oxygen atoms in total. The number of fused-ring (bicyclic) bond motifs is 2. The van der Waals surface area contributed by atoms with Crippen molar-refractivity contribution in [2.24, 2.45) is 0 Å². The smallest absolute Gasteiger partial charge is 0.335 e. The Labute approximate surface area is 124 Å². The summed E-state index contributed by atoms with van der Waals surface area (Å²) < 4.78 is 5.74. The Kier molecular flexibility index (Phi) is 3.43. The van der Waals surface area contributed by atoms with Crippen molar-refractivity contribution in [3.63, 3.8) is 0 Å². The maximum absolute atomic E-state index is 12.5. The van der Waals surface area contributed by atoms with Crippen LogP contribution in [0.3, 0.4) is 0 Å². The van der Waals surface area contributed by atoms with Crippen LogP contribution in [0, 0.1) is 0 Å². The van der Waals surface area contributed by atoms with Crippen LogP contribution in [-0.4, -0.2) is 16.8 Å². The van der Waals surface area contributed by atoms with Crippen molar-refractivity contribution >= 4 is 39.7 Å². The molecule has 0 aliphatic heterocycles. The molecule has 0 saturated carbocycles. The van der Waals surface area contributed by atoms with Crippen molar-refractivity contribution in [1.29, 1.82) is 0 Å². The Morgan fingerprint density at radius 1 is 1.14 bits per heavy atom. The highest BCUT2D eigenvalue weighted by molar-refractivity contribution is 7.99. The van der Waals surface area contributed by atoms with Gasteiger partial charge < -0.3 is 9.52 Å². The van der Waals surface area contributed by atoms with Crippen molar-refractivity contribution in [3.8, 4) is 0 Å². The van der Waals surface area contributed by atoms with E-state index in [1.807, 2.05) is 12.1 Å². The van der Waals surface area contributed by atoms with E-state index in [1.54, 1.807) is 17.8 Å². The predicted octanol–water partition coefficient (Wildman–Crippen LogP) is 3.76. The van der Waals surface area contributed by atoms with Crippen molar-refractivity contribution in [2.45, 2.75) is 11.8 Å². The number of carboxylic acid groups (broad SMARTS) is 1. The van der Waals surface area contributed by atoms with Gasteiger partial charge in [0.05, 0.1) is 16.3 Å². The van der Waals surface area contributed by atoms with Crippen LogP contribution < -0.4 is 5.43 Å². The van der Waals surface area contributed by atoms with E-state index in [4.69, 9.17) is 9.52 Å². The van der Waals surface area contributed by atoms with Gasteiger partial charge >= 0.3 is 5.97 Å². The Balaban J connectivity index is 2.32. The minimum absolute atomic E-state index is 0.0762. The van der Waals surface area contributed by atoms with Gasteiger partial charge in [0, 0.05) is 4.90 Å². The summed E-state index contributed by atoms with van der Waals surface area (Å²) in [5.41, 5.74) is 0.792. The van der Waals surface area contributed by atoms with Crippen LogP contribution in [0.2, 0.25) is 0 Å². The first-order chi connectivity index (χ1) is 10.1. The van der Waals surface area contributed by atoms with Gasteiger partial charge in [-0.25, -0.2) is 4.79 Å². The molecule has 21 heavy (non-hydrogen) atoms. The number of carboxylic acids is 1. The van der Waals surface area contributed by atoms with Crippen LogP contribution in [0.1, 0.15) is 17.3 Å². The fourth-order valence-corrected chi connectivity index (χ4v) is 2.91. The minimum atomic E-state index is -1.06. The van der Waals surface area contributed by atoms with E-state index in [2.05, 4.69) is 6.92 Å². The van der Waals surface area contributed by atoms with Crippen LogP contribution in [0.5, 0.6) is 0 Å². The van der Waals surface area contributed by atoms with Gasteiger partial charge in [0.15, 0.2) is 0 Å². The van der Waals surface area contributed by atoms with Crippen molar-refractivity contribution in [2.75, 3.05) is 5.75 Å². The number of benzene rings is 2. The number of hydrogen-bond acceptors (Lipinski definition) is 4. The van der Waals surface area contributed by atoms with Gasteiger partial charge in [-0.15, -0.1) is 11.8 Å². The van der Waals surface area contributed by atoms with Crippen molar-refractivity contribution in [3.05, 3.63) is 52.2 Å². The van der Waals surface area contributed by atoms with Crippen molar-refractivity contribution < 1.29 is 14.3 Å². The Morgan fingerprint density at radius 3 is 2.67 bits per heavy atom. The fraction of sp³-hybridized carbons (Fsp3) is 0.125. The second kappa shape index (κ2) is 5.26. The molecular formula is C16H12O4S. The molecule has 0 spiro atoms. The standard InChI is InChI=1S/C16H12O4S/c1-2-21-10-4-5-11-14(8-10)20-13-6-3-9(16(18)19)7-12(13)15(11)17/h3-8H,2H2,1H3,(H,18,19). The third-order valence-electron chi connectivity index (χ3n) is 3.20. The molecule has 2 aromatic carbocycles. The first-order valence-corrected chi connectivity index (χ1v) is 7.45. The highest BCUT2D eigenvalue weighted by atomic mass is 32.2. The van der Waals surface area contributed by atoms with Crippen LogP contribution in [-0.2, 0) is 0 Å². The largest absolute Gasteiger partial charge is 0.478 e. The van der Waals surface area contributed by atoms with E-state index >= 15 is 0 Å². The molecular weight excluding hydrogens is 288 g/mol. The molecule has 1 heterocycles. The summed E-state index contributed by atoms with van der Waals surface area (Å²) in [6.07, 6.45) is 0. The molecule has 3 aromatic rings. The Hall–Kier alpha value is -2.27. The minimum Gasteiger partial charge on any atom is -0.478 e. The second-order valence-electron chi connectivity index (χ2n) is 4.54. The van der Waals surface area contributed by atoms with Crippen LogP contribution >= 0.6 is 11.8 Å². The lowest BCUT2D eigenvalue weighted by Gasteiger charge is -2.04. The van der Waals surface area contributed by atoms with E-state index in [-0.39, 0.29) is 11.0 Å². The Bertz CT molecular complexity index is 911. The third-order valence-corrected chi connectivity index (χ3v) is 4.08. The van der Waals surface area contributed by atoms with Gasteiger partial charge in [-0.2, -0.15) is 0 Å². The summed E-state index contributed by atoms with van der Waals surface area (Å²) in [5, 5.41) is 9.76. The number of rotatable bonds is 3. The average Bonchev–Trinajstić information content (AvgIpc) is 2.47. The summed E-state index contributed by atoms with van der Waals surface area (Å²) in [6.45, 7) is 2.05. The van der Waals surface area contributed by atoms with E-state index in [0.29, 0.717) is 21.9 Å². The molecule has 0 saturated heterocycles. The van der Waals surface area contributed by atoms with Crippen LogP contribution in [0.25, 0.3) is 21.9 Å². The molecule has 0 unspecified atom stereocenters. The summed E-state index contributed by atoms with van der Waals surface area (Å²) >= 11 is 1.67. The quantitative estimate of drug-likeness (QED) is 0.589. The molecule has 0 amide bonds. The predicted molar refractivity (Wildman–Crippen MR) is 83.3 cm³/mol. The summed E-state index contributed by atoms with van der Waals surface area (Å²) in [4.78, 5) is 24.5. The Morgan fingerprint density at radius 2 is 1.95 bits per heavy atom. The van der Waals surface area contributed by atoms with E-state index < -0.39 is 5.97 Å². The highest BCUT2D eigenvalue weighted by Crippen LogP contribution is 2.25. The molecule has 106 valence electrons. The molecule has 0 fully saturated rings. The van der Waals surface area contributed by atoms with E-state index in [9.17, 15) is 9.59 Å². The van der Waals surface area contributed by atoms with Gasteiger partial charge in [0.25, 0.3) is 0 Å². The lowest BCUT2D eigenvalue weighted by molar-refractivity contribution is 0.0697. The van der Waals surface area contributed by atoms with Gasteiger partial charge in [-0.1, -0.05) is 6.92 Å². The van der Waals surface area contributed by atoms with Gasteiger partial charge in [0.1, 0.15) is 11.2 Å². The van der Waals surface area contributed by atoms with E-state index in [1.165, 1.54) is 18.2 Å². The fourth-order valence-electron chi connectivity index (χ4n) is 2.22. The maximum atomic E-state index is 12.5. The monoisotopic (exact) mass is 300 g/mol. The number of thioether (sulfide) groups is 1. The molecule has 3 rings (SSSR count). The average molecular weight is 300 g/mol. The molecule has 0 radical (unpaired) electrons. The lowest BCUT2D eigenvalue weighted by atomic mass is 10.1. The normalized spacial score (nSPS) is 11.1. The molecule has 1 N–H and O–H groups in total. The first-order valence-electron chi connectivity index (χ1n) is 6.47. The summed E-state index contributed by atoms with van der Waals surface area (Å²) in [5.74, 6) is -0.128. The van der Waals surface area contributed by atoms with Gasteiger partial charge in [-0.05, 0) is 42.2 Å². The maximum Gasteiger partial charge on any atom is 0.335 e. The molecule has 1 aromatic heterocycles. The highest BCUT2D eigenvalue weighted by Gasteiger charge is 2.11. The van der Waals surface area contributed by atoms with Crippen LogP contribution in [0.4, 0.5) is 0 Å². The zero-order valence-corrected chi connectivity index (χ0v) is 12.1. The van der Waals surface area contributed by atoms with Gasteiger partial charge in [0.2, 0.25) is 5.43 Å². The first kappa shape index (κ1) is 13.7. The molecule has 0 aliphatic rings. The molecule has 0 aliphatic carbocycles. The van der Waals surface area contributed by atoms with Gasteiger partial charge in [-0.3, -0.25) is 4.79 Å². The number of aromatic carboxylic acids is 1. The SMILES string of the molecule is CCSc1ccc2c(=O)c3cc(C(=O)O)ccc3oc2c1. The van der Waals surface area contributed by atoms with E-state index in [0.717, 1.165) is 10.6 Å².